The van der Waals surface area contributed by atoms with Gasteiger partial charge in [0.05, 0.1) is 5.92 Å². The van der Waals surface area contributed by atoms with E-state index in [-0.39, 0.29) is 11.8 Å². The summed E-state index contributed by atoms with van der Waals surface area (Å²) in [7, 11) is 3.93. The Morgan fingerprint density at radius 3 is 2.54 bits per heavy atom. The molecule has 2 aromatic rings. The van der Waals surface area contributed by atoms with Crippen LogP contribution in [0.2, 0.25) is 0 Å². The topological polar surface area (TPSA) is 56.7 Å². The molecule has 0 spiro atoms. The summed E-state index contributed by atoms with van der Waals surface area (Å²) >= 11 is 0. The van der Waals surface area contributed by atoms with Gasteiger partial charge < -0.3 is 10.0 Å². The van der Waals surface area contributed by atoms with Crippen molar-refractivity contribution in [3.8, 4) is 0 Å². The summed E-state index contributed by atoms with van der Waals surface area (Å²) in [5.41, 5.74) is 2.21. The summed E-state index contributed by atoms with van der Waals surface area (Å²) in [6.07, 6.45) is 1.88. The van der Waals surface area contributed by atoms with Crippen molar-refractivity contribution in [3.63, 3.8) is 0 Å². The van der Waals surface area contributed by atoms with Crippen LogP contribution in [0.1, 0.15) is 17.0 Å². The molecular formula is C19H23N3O2. The van der Waals surface area contributed by atoms with E-state index < -0.39 is 5.97 Å². The summed E-state index contributed by atoms with van der Waals surface area (Å²) < 4.78 is 0. The van der Waals surface area contributed by atoms with Crippen molar-refractivity contribution in [1.29, 1.82) is 0 Å². The maximum Gasteiger partial charge on any atom is 0.308 e. The number of hydrogen-bond donors (Lipinski definition) is 1. The molecule has 2 heterocycles. The molecule has 0 radical (unpaired) electrons. The predicted octanol–water partition coefficient (Wildman–Crippen LogP) is 2.45. The Kier molecular flexibility index (Phi) is 4.81. The van der Waals surface area contributed by atoms with Gasteiger partial charge in [0.2, 0.25) is 0 Å². The van der Waals surface area contributed by atoms with Gasteiger partial charge >= 0.3 is 5.97 Å². The Labute approximate surface area is 142 Å². The fourth-order valence-corrected chi connectivity index (χ4v) is 3.34. The van der Waals surface area contributed by atoms with E-state index in [1.807, 2.05) is 61.6 Å². The van der Waals surface area contributed by atoms with Crippen LogP contribution in [-0.2, 0) is 11.3 Å². The fourth-order valence-electron chi connectivity index (χ4n) is 3.34. The number of carboxylic acid groups (broad SMARTS) is 1. The van der Waals surface area contributed by atoms with Gasteiger partial charge in [0, 0.05) is 45.8 Å². The normalized spacial score (nSPS) is 20.9. The zero-order valence-electron chi connectivity index (χ0n) is 14.1. The highest BCUT2D eigenvalue weighted by molar-refractivity contribution is 5.72. The second-order valence-corrected chi connectivity index (χ2v) is 6.58. The van der Waals surface area contributed by atoms with Crippen molar-refractivity contribution in [2.75, 3.05) is 32.1 Å². The first-order valence-corrected chi connectivity index (χ1v) is 8.17. The Bertz CT molecular complexity index is 686. The second kappa shape index (κ2) is 7.01. The van der Waals surface area contributed by atoms with Crippen molar-refractivity contribution in [3.05, 3.63) is 59.8 Å². The number of carboxylic acids is 1. The SMILES string of the molecule is CN(C)c1ccc(CN2C[C@@H](C(=O)O)[C@H](c3ccccc3)C2)cn1. The number of likely N-dealkylation sites (tertiary alicyclic amines) is 1. The quantitative estimate of drug-likeness (QED) is 0.915. The lowest BCUT2D eigenvalue weighted by Crippen LogP contribution is -2.23. The number of pyridine rings is 1. The molecule has 1 aromatic carbocycles. The van der Waals surface area contributed by atoms with E-state index in [0.717, 1.165) is 30.0 Å². The lowest BCUT2D eigenvalue weighted by atomic mass is 9.89. The van der Waals surface area contributed by atoms with E-state index in [2.05, 4.69) is 16.0 Å². The van der Waals surface area contributed by atoms with Crippen molar-refractivity contribution >= 4 is 11.8 Å². The van der Waals surface area contributed by atoms with Crippen molar-refractivity contribution in [2.24, 2.45) is 5.92 Å². The molecule has 1 aromatic heterocycles. The molecule has 2 atom stereocenters. The van der Waals surface area contributed by atoms with Crippen LogP contribution in [0, 0.1) is 5.92 Å². The molecule has 0 bridgehead atoms. The van der Waals surface area contributed by atoms with Gasteiger partial charge in [-0.25, -0.2) is 4.98 Å². The first-order valence-electron chi connectivity index (χ1n) is 8.17. The lowest BCUT2D eigenvalue weighted by Gasteiger charge is -2.17. The predicted molar refractivity (Wildman–Crippen MR) is 94.1 cm³/mol. The minimum atomic E-state index is -0.715. The van der Waals surface area contributed by atoms with Crippen LogP contribution in [0.4, 0.5) is 5.82 Å². The summed E-state index contributed by atoms with van der Waals surface area (Å²) in [6, 6.07) is 14.0. The number of nitrogens with zero attached hydrogens (tertiary/aromatic N) is 3. The number of aliphatic carboxylic acids is 1. The summed E-state index contributed by atoms with van der Waals surface area (Å²) in [5, 5.41) is 9.58. The van der Waals surface area contributed by atoms with Gasteiger partial charge in [-0.05, 0) is 17.2 Å². The molecule has 5 heteroatoms. The molecule has 1 aliphatic heterocycles. The minimum absolute atomic E-state index is 0.0395. The van der Waals surface area contributed by atoms with Crippen molar-refractivity contribution < 1.29 is 9.90 Å². The largest absolute Gasteiger partial charge is 0.481 e. The van der Waals surface area contributed by atoms with Crippen LogP contribution in [0.5, 0.6) is 0 Å². The molecule has 5 nitrogen and oxygen atoms in total. The van der Waals surface area contributed by atoms with Crippen LogP contribution >= 0.6 is 0 Å². The zero-order valence-corrected chi connectivity index (χ0v) is 14.1. The molecule has 1 aliphatic rings. The van der Waals surface area contributed by atoms with Crippen LogP contribution in [0.3, 0.4) is 0 Å². The number of anilines is 1. The number of hydrogen-bond acceptors (Lipinski definition) is 4. The average Bonchev–Trinajstić information content (AvgIpc) is 3.00. The number of benzene rings is 1. The molecule has 0 unspecified atom stereocenters. The van der Waals surface area contributed by atoms with Crippen LogP contribution < -0.4 is 4.90 Å². The minimum Gasteiger partial charge on any atom is -0.481 e. The maximum atomic E-state index is 11.7. The monoisotopic (exact) mass is 325 g/mol. The highest BCUT2D eigenvalue weighted by Gasteiger charge is 2.38. The van der Waals surface area contributed by atoms with Gasteiger partial charge in [-0.2, -0.15) is 0 Å². The summed E-state index contributed by atoms with van der Waals surface area (Å²) in [4.78, 5) is 20.3. The van der Waals surface area contributed by atoms with Crippen LogP contribution in [-0.4, -0.2) is 48.1 Å². The van der Waals surface area contributed by atoms with Gasteiger partial charge in [-0.3, -0.25) is 9.69 Å². The van der Waals surface area contributed by atoms with E-state index >= 15 is 0 Å². The maximum absolute atomic E-state index is 11.7. The fraction of sp³-hybridized carbons (Fsp3) is 0.368. The average molecular weight is 325 g/mol. The third-order valence-corrected chi connectivity index (χ3v) is 4.61. The van der Waals surface area contributed by atoms with Gasteiger partial charge in [0.15, 0.2) is 0 Å². The molecule has 24 heavy (non-hydrogen) atoms. The smallest absolute Gasteiger partial charge is 0.308 e. The molecule has 0 saturated carbocycles. The third-order valence-electron chi connectivity index (χ3n) is 4.61. The molecule has 0 aliphatic carbocycles. The standard InChI is InChI=1S/C19H23N3O2/c1-21(2)18-9-8-14(10-20-18)11-22-12-16(17(13-22)19(23)24)15-6-4-3-5-7-15/h3-10,16-17H,11-13H2,1-2H3,(H,23,24)/t16-,17+/m0/s1. The molecule has 3 rings (SSSR count). The summed E-state index contributed by atoms with van der Waals surface area (Å²) in [6.45, 7) is 2.06. The zero-order chi connectivity index (χ0) is 17.1. The molecule has 126 valence electrons. The third kappa shape index (κ3) is 3.57. The highest BCUT2D eigenvalue weighted by Crippen LogP contribution is 2.33. The number of aromatic nitrogens is 1. The van der Waals surface area contributed by atoms with Crippen molar-refractivity contribution in [1.82, 2.24) is 9.88 Å². The lowest BCUT2D eigenvalue weighted by molar-refractivity contribution is -0.141. The van der Waals surface area contributed by atoms with Gasteiger partial charge in [0.1, 0.15) is 5.82 Å². The van der Waals surface area contributed by atoms with E-state index in [1.165, 1.54) is 0 Å². The van der Waals surface area contributed by atoms with E-state index in [1.54, 1.807) is 0 Å². The Balaban J connectivity index is 1.72. The summed E-state index contributed by atoms with van der Waals surface area (Å²) in [5.74, 6) is -0.114. The Morgan fingerprint density at radius 2 is 1.96 bits per heavy atom. The first kappa shape index (κ1) is 16.5. The van der Waals surface area contributed by atoms with Crippen molar-refractivity contribution in [2.45, 2.75) is 12.5 Å². The molecule has 1 fully saturated rings. The Hall–Kier alpha value is -2.40. The Morgan fingerprint density at radius 1 is 1.21 bits per heavy atom. The highest BCUT2D eigenvalue weighted by atomic mass is 16.4. The first-order chi connectivity index (χ1) is 11.5. The van der Waals surface area contributed by atoms with Gasteiger partial charge in [-0.1, -0.05) is 36.4 Å². The molecule has 0 amide bonds. The van der Waals surface area contributed by atoms with Crippen LogP contribution in [0.25, 0.3) is 0 Å². The molecule has 1 saturated heterocycles. The van der Waals surface area contributed by atoms with E-state index in [9.17, 15) is 9.90 Å². The number of carbonyl (C=O) groups is 1. The van der Waals surface area contributed by atoms with E-state index in [4.69, 9.17) is 0 Å². The second-order valence-electron chi connectivity index (χ2n) is 6.58. The number of rotatable bonds is 5. The van der Waals surface area contributed by atoms with E-state index in [0.29, 0.717) is 6.54 Å². The molecular weight excluding hydrogens is 302 g/mol. The molecule has 1 N–H and O–H groups in total. The van der Waals surface area contributed by atoms with Gasteiger partial charge in [0.25, 0.3) is 0 Å². The van der Waals surface area contributed by atoms with Crippen LogP contribution in [0.15, 0.2) is 48.7 Å². The van der Waals surface area contributed by atoms with Gasteiger partial charge in [-0.15, -0.1) is 0 Å².